The number of carbonyl (C=O) groups is 1. The van der Waals surface area contributed by atoms with Gasteiger partial charge >= 0.3 is 0 Å². The first kappa shape index (κ1) is 16.4. The van der Waals surface area contributed by atoms with Gasteiger partial charge in [0.05, 0.1) is 16.3 Å². The highest BCUT2D eigenvalue weighted by Gasteiger charge is 2.14. The van der Waals surface area contributed by atoms with Crippen LogP contribution >= 0.6 is 11.6 Å². The van der Waals surface area contributed by atoms with Gasteiger partial charge in [-0.05, 0) is 17.7 Å². The number of hydrogen-bond acceptors (Lipinski definition) is 5. The summed E-state index contributed by atoms with van der Waals surface area (Å²) >= 11 is 5.69. The molecule has 23 heavy (non-hydrogen) atoms. The van der Waals surface area contributed by atoms with E-state index in [1.54, 1.807) is 0 Å². The van der Waals surface area contributed by atoms with E-state index in [1.807, 2.05) is 0 Å². The van der Waals surface area contributed by atoms with Crippen LogP contribution in [0.15, 0.2) is 42.5 Å². The van der Waals surface area contributed by atoms with E-state index < -0.39 is 15.8 Å². The first-order valence-corrected chi connectivity index (χ1v) is 6.72. The van der Waals surface area contributed by atoms with Gasteiger partial charge in [-0.1, -0.05) is 23.7 Å². The molecule has 1 N–H and O–H groups in total. The van der Waals surface area contributed by atoms with Gasteiger partial charge < -0.3 is 5.32 Å². The third-order valence-electron chi connectivity index (χ3n) is 2.94. The molecule has 9 heteroatoms. The Balaban J connectivity index is 2.06. The highest BCUT2D eigenvalue weighted by Crippen LogP contribution is 2.27. The fraction of sp³-hybridized carbons (Fsp3) is 0.0714. The molecule has 0 bridgehead atoms. The molecule has 0 saturated heterocycles. The summed E-state index contributed by atoms with van der Waals surface area (Å²) < 4.78 is 0. The largest absolute Gasteiger partial charge is 0.326 e. The minimum absolute atomic E-state index is 0.0194. The van der Waals surface area contributed by atoms with Crippen LogP contribution in [0.1, 0.15) is 5.56 Å². The zero-order chi connectivity index (χ0) is 17.0. The summed E-state index contributed by atoms with van der Waals surface area (Å²) in [5.74, 6) is -0.407. The van der Waals surface area contributed by atoms with E-state index in [0.29, 0.717) is 5.56 Å². The van der Waals surface area contributed by atoms with Gasteiger partial charge in [0.15, 0.2) is 0 Å². The number of amides is 1. The molecule has 0 spiro atoms. The summed E-state index contributed by atoms with van der Waals surface area (Å²) in [6.45, 7) is 0. The summed E-state index contributed by atoms with van der Waals surface area (Å²) in [4.78, 5) is 32.1. The molecule has 0 radical (unpaired) electrons. The molecule has 2 aromatic rings. The lowest BCUT2D eigenvalue weighted by atomic mass is 10.1. The van der Waals surface area contributed by atoms with Gasteiger partial charge in [0.1, 0.15) is 5.02 Å². The van der Waals surface area contributed by atoms with Crippen molar-refractivity contribution in [2.45, 2.75) is 6.42 Å². The Labute approximate surface area is 135 Å². The number of nitro groups is 2. The first-order valence-electron chi connectivity index (χ1n) is 6.34. The number of nitro benzene ring substituents is 2. The minimum atomic E-state index is -0.645. The van der Waals surface area contributed by atoms with E-state index in [1.165, 1.54) is 36.4 Å². The number of halogens is 1. The lowest BCUT2D eigenvalue weighted by molar-refractivity contribution is -0.385. The van der Waals surface area contributed by atoms with Crippen LogP contribution in [0.2, 0.25) is 5.02 Å². The minimum Gasteiger partial charge on any atom is -0.326 e. The van der Waals surface area contributed by atoms with Gasteiger partial charge in [-0.25, -0.2) is 0 Å². The van der Waals surface area contributed by atoms with Crippen molar-refractivity contribution < 1.29 is 14.6 Å². The molecule has 1 amide bonds. The predicted octanol–water partition coefficient (Wildman–Crippen LogP) is 3.34. The maximum atomic E-state index is 11.9. The summed E-state index contributed by atoms with van der Waals surface area (Å²) in [7, 11) is 0. The van der Waals surface area contributed by atoms with Crippen LogP contribution in [0.25, 0.3) is 0 Å². The van der Waals surface area contributed by atoms with Crippen molar-refractivity contribution in [2.24, 2.45) is 0 Å². The van der Waals surface area contributed by atoms with Gasteiger partial charge in [0, 0.05) is 23.9 Å². The van der Waals surface area contributed by atoms with Gasteiger partial charge in [-0.2, -0.15) is 0 Å². The molecule has 2 aromatic carbocycles. The van der Waals surface area contributed by atoms with Crippen LogP contribution in [0, 0.1) is 20.2 Å². The van der Waals surface area contributed by atoms with E-state index in [4.69, 9.17) is 11.6 Å². The Morgan fingerprint density at radius 1 is 1.04 bits per heavy atom. The molecule has 0 aliphatic carbocycles. The SMILES string of the molecule is O=C(Cc1ccc([N+](=O)[O-])cc1)Nc1ccc(Cl)c([N+](=O)[O-])c1. The molecule has 2 rings (SSSR count). The van der Waals surface area contributed by atoms with Crippen LogP contribution in [-0.4, -0.2) is 15.8 Å². The lowest BCUT2D eigenvalue weighted by Crippen LogP contribution is -2.14. The molecule has 0 aliphatic rings. The number of benzene rings is 2. The van der Waals surface area contributed by atoms with Crippen LogP contribution < -0.4 is 5.32 Å². The Hall–Kier alpha value is -3.00. The number of hydrogen-bond donors (Lipinski definition) is 1. The number of anilines is 1. The third-order valence-corrected chi connectivity index (χ3v) is 3.26. The summed E-state index contributed by atoms with van der Waals surface area (Å²) in [6, 6.07) is 9.48. The number of carbonyl (C=O) groups excluding carboxylic acids is 1. The highest BCUT2D eigenvalue weighted by molar-refractivity contribution is 6.32. The zero-order valence-corrected chi connectivity index (χ0v) is 12.3. The van der Waals surface area contributed by atoms with Gasteiger partial charge in [0.25, 0.3) is 11.4 Å². The van der Waals surface area contributed by atoms with Crippen molar-refractivity contribution in [2.75, 3.05) is 5.32 Å². The zero-order valence-electron chi connectivity index (χ0n) is 11.6. The third kappa shape index (κ3) is 4.24. The fourth-order valence-electron chi connectivity index (χ4n) is 1.86. The molecule has 118 valence electrons. The van der Waals surface area contributed by atoms with Crippen molar-refractivity contribution in [3.8, 4) is 0 Å². The Bertz CT molecular complexity index is 776. The number of non-ortho nitro benzene ring substituents is 1. The number of nitrogens with one attached hydrogen (secondary N) is 1. The van der Waals surface area contributed by atoms with E-state index >= 15 is 0 Å². The van der Waals surface area contributed by atoms with Crippen molar-refractivity contribution in [3.63, 3.8) is 0 Å². The standard InChI is InChI=1S/C14H10ClN3O5/c15-12-6-3-10(8-13(12)18(22)23)16-14(19)7-9-1-4-11(5-2-9)17(20)21/h1-6,8H,7H2,(H,16,19). The van der Waals surface area contributed by atoms with Crippen LogP contribution in [0.3, 0.4) is 0 Å². The highest BCUT2D eigenvalue weighted by atomic mass is 35.5. The normalized spacial score (nSPS) is 10.1. The van der Waals surface area contributed by atoms with E-state index in [2.05, 4.69) is 5.32 Å². The summed E-state index contributed by atoms with van der Waals surface area (Å²) in [6.07, 6.45) is -0.0194. The lowest BCUT2D eigenvalue weighted by Gasteiger charge is -2.06. The van der Waals surface area contributed by atoms with E-state index in [-0.39, 0.29) is 28.5 Å². The number of nitrogens with zero attached hydrogens (tertiary/aromatic N) is 2. The molecule has 0 aliphatic heterocycles. The smallest absolute Gasteiger partial charge is 0.289 e. The summed E-state index contributed by atoms with van der Waals surface area (Å²) in [5.41, 5.74) is 0.451. The maximum Gasteiger partial charge on any atom is 0.289 e. The Morgan fingerprint density at radius 2 is 1.70 bits per heavy atom. The molecule has 0 aromatic heterocycles. The quantitative estimate of drug-likeness (QED) is 0.664. The first-order chi connectivity index (χ1) is 10.9. The second-order valence-corrected chi connectivity index (χ2v) is 4.98. The van der Waals surface area contributed by atoms with Crippen molar-refractivity contribution in [1.82, 2.24) is 0 Å². The Morgan fingerprint density at radius 3 is 2.26 bits per heavy atom. The van der Waals surface area contributed by atoms with E-state index in [9.17, 15) is 25.0 Å². The molecule has 8 nitrogen and oxygen atoms in total. The average molecular weight is 336 g/mol. The molecular weight excluding hydrogens is 326 g/mol. The van der Waals surface area contributed by atoms with E-state index in [0.717, 1.165) is 6.07 Å². The Kier molecular flexibility index (Phi) is 4.87. The second kappa shape index (κ2) is 6.84. The van der Waals surface area contributed by atoms with Gasteiger partial charge in [0.2, 0.25) is 5.91 Å². The van der Waals surface area contributed by atoms with Crippen LogP contribution in [0.5, 0.6) is 0 Å². The van der Waals surface area contributed by atoms with Gasteiger partial charge in [-0.15, -0.1) is 0 Å². The molecule has 0 fully saturated rings. The molecule has 0 saturated carbocycles. The number of rotatable bonds is 5. The van der Waals surface area contributed by atoms with Crippen LogP contribution in [0.4, 0.5) is 17.1 Å². The maximum absolute atomic E-state index is 11.9. The summed E-state index contributed by atoms with van der Waals surface area (Å²) in [5, 5.41) is 23.8. The van der Waals surface area contributed by atoms with Crippen LogP contribution in [-0.2, 0) is 11.2 Å². The van der Waals surface area contributed by atoms with Crippen molar-refractivity contribution >= 4 is 34.6 Å². The monoisotopic (exact) mass is 335 g/mol. The molecular formula is C14H10ClN3O5. The molecule has 0 atom stereocenters. The van der Waals surface area contributed by atoms with Gasteiger partial charge in [-0.3, -0.25) is 25.0 Å². The molecule has 0 heterocycles. The van der Waals surface area contributed by atoms with Crippen molar-refractivity contribution in [3.05, 3.63) is 73.3 Å². The van der Waals surface area contributed by atoms with Crippen molar-refractivity contribution in [1.29, 1.82) is 0 Å². The predicted molar refractivity (Wildman–Crippen MR) is 83.5 cm³/mol. The topological polar surface area (TPSA) is 115 Å². The molecule has 0 unspecified atom stereocenters. The second-order valence-electron chi connectivity index (χ2n) is 4.57. The average Bonchev–Trinajstić information content (AvgIpc) is 2.49. The fourth-order valence-corrected chi connectivity index (χ4v) is 2.04.